The number of aromatic nitrogens is 2. The van der Waals surface area contributed by atoms with Gasteiger partial charge in [0.2, 0.25) is 5.91 Å². The number of amides is 1. The standard InChI is InChI=1S/C20H21N3O3S/c1-4-25-17-8-6-5-7-16(17)19-22-23-20(26-19)27-12-18(24)21-15-10-9-13(2)14(3)11-15/h5-11H,4,12H2,1-3H3,(H,21,24). The van der Waals surface area contributed by atoms with Crippen LogP contribution >= 0.6 is 11.8 Å². The summed E-state index contributed by atoms with van der Waals surface area (Å²) in [6.07, 6.45) is 0. The summed E-state index contributed by atoms with van der Waals surface area (Å²) in [6, 6.07) is 13.3. The molecule has 0 atom stereocenters. The number of carbonyl (C=O) groups excluding carboxylic acids is 1. The van der Waals surface area contributed by atoms with Gasteiger partial charge in [0.1, 0.15) is 5.75 Å². The van der Waals surface area contributed by atoms with Crippen LogP contribution in [0.4, 0.5) is 5.69 Å². The van der Waals surface area contributed by atoms with Gasteiger partial charge in [0, 0.05) is 5.69 Å². The highest BCUT2D eigenvalue weighted by atomic mass is 32.2. The molecule has 140 valence electrons. The first kappa shape index (κ1) is 19.0. The lowest BCUT2D eigenvalue weighted by atomic mass is 10.1. The van der Waals surface area contributed by atoms with Crippen LogP contribution in [-0.4, -0.2) is 28.5 Å². The topological polar surface area (TPSA) is 77.2 Å². The first-order valence-electron chi connectivity index (χ1n) is 8.62. The summed E-state index contributed by atoms with van der Waals surface area (Å²) in [7, 11) is 0. The summed E-state index contributed by atoms with van der Waals surface area (Å²) in [5.74, 6) is 1.11. The van der Waals surface area contributed by atoms with Crippen molar-refractivity contribution in [3.8, 4) is 17.2 Å². The highest BCUT2D eigenvalue weighted by molar-refractivity contribution is 7.99. The van der Waals surface area contributed by atoms with Gasteiger partial charge in [0.05, 0.1) is 17.9 Å². The molecular weight excluding hydrogens is 362 g/mol. The SMILES string of the molecule is CCOc1ccccc1-c1nnc(SCC(=O)Nc2ccc(C)c(C)c2)o1. The summed E-state index contributed by atoms with van der Waals surface area (Å²) in [5, 5.41) is 11.3. The fourth-order valence-corrected chi connectivity index (χ4v) is 3.01. The van der Waals surface area contributed by atoms with Crippen molar-refractivity contribution in [3.63, 3.8) is 0 Å². The van der Waals surface area contributed by atoms with Crippen LogP contribution in [0.2, 0.25) is 0 Å². The Hall–Kier alpha value is -2.80. The molecule has 0 aliphatic carbocycles. The van der Waals surface area contributed by atoms with Crippen molar-refractivity contribution in [2.45, 2.75) is 26.0 Å². The molecule has 0 aliphatic heterocycles. The number of rotatable bonds is 7. The third-order valence-electron chi connectivity index (χ3n) is 3.94. The van der Waals surface area contributed by atoms with Crippen LogP contribution in [0.3, 0.4) is 0 Å². The van der Waals surface area contributed by atoms with Crippen LogP contribution in [0.15, 0.2) is 52.1 Å². The molecule has 0 bridgehead atoms. The number of anilines is 1. The summed E-state index contributed by atoms with van der Waals surface area (Å²) in [4.78, 5) is 12.2. The Kier molecular flexibility index (Phi) is 6.13. The summed E-state index contributed by atoms with van der Waals surface area (Å²) < 4.78 is 11.3. The van der Waals surface area contributed by atoms with Crippen molar-refractivity contribution >= 4 is 23.4 Å². The lowest BCUT2D eigenvalue weighted by molar-refractivity contribution is -0.113. The highest BCUT2D eigenvalue weighted by Crippen LogP contribution is 2.30. The normalized spacial score (nSPS) is 10.6. The fourth-order valence-electron chi connectivity index (χ4n) is 2.45. The Morgan fingerprint density at radius 3 is 2.74 bits per heavy atom. The average molecular weight is 383 g/mol. The molecule has 3 rings (SSSR count). The lowest BCUT2D eigenvalue weighted by Crippen LogP contribution is -2.14. The summed E-state index contributed by atoms with van der Waals surface area (Å²) in [6.45, 7) is 6.51. The third kappa shape index (κ3) is 4.89. The second-order valence-electron chi connectivity index (χ2n) is 5.94. The second kappa shape index (κ2) is 8.73. The first-order chi connectivity index (χ1) is 13.1. The van der Waals surface area contributed by atoms with Gasteiger partial charge in [0.15, 0.2) is 0 Å². The number of carbonyl (C=O) groups is 1. The molecule has 1 heterocycles. The number of hydrogen-bond acceptors (Lipinski definition) is 6. The molecule has 1 amide bonds. The van der Waals surface area contributed by atoms with Gasteiger partial charge < -0.3 is 14.5 Å². The zero-order valence-corrected chi connectivity index (χ0v) is 16.3. The van der Waals surface area contributed by atoms with E-state index >= 15 is 0 Å². The van der Waals surface area contributed by atoms with E-state index in [1.54, 1.807) is 0 Å². The second-order valence-corrected chi connectivity index (χ2v) is 6.86. The number of nitrogens with zero attached hydrogens (tertiary/aromatic N) is 2. The minimum Gasteiger partial charge on any atom is -0.493 e. The molecule has 2 aromatic carbocycles. The minimum atomic E-state index is -0.127. The van der Waals surface area contributed by atoms with Crippen molar-refractivity contribution in [2.75, 3.05) is 17.7 Å². The quantitative estimate of drug-likeness (QED) is 0.606. The van der Waals surface area contributed by atoms with E-state index in [9.17, 15) is 4.79 Å². The van der Waals surface area contributed by atoms with Crippen molar-refractivity contribution < 1.29 is 13.9 Å². The highest BCUT2D eigenvalue weighted by Gasteiger charge is 2.14. The largest absolute Gasteiger partial charge is 0.493 e. The van der Waals surface area contributed by atoms with Crippen molar-refractivity contribution in [1.29, 1.82) is 0 Å². The molecule has 0 fully saturated rings. The van der Waals surface area contributed by atoms with Gasteiger partial charge in [-0.05, 0) is 56.2 Å². The molecule has 3 aromatic rings. The summed E-state index contributed by atoms with van der Waals surface area (Å²) in [5.41, 5.74) is 3.84. The molecule has 0 aliphatic rings. The maximum absolute atomic E-state index is 12.2. The zero-order chi connectivity index (χ0) is 19.2. The Morgan fingerprint density at radius 1 is 1.15 bits per heavy atom. The fraction of sp³-hybridized carbons (Fsp3) is 0.250. The monoisotopic (exact) mass is 383 g/mol. The molecule has 0 spiro atoms. The van der Waals surface area contributed by atoms with Crippen LogP contribution in [0, 0.1) is 13.8 Å². The van der Waals surface area contributed by atoms with Gasteiger partial charge in [-0.25, -0.2) is 0 Å². The Bertz CT molecular complexity index is 940. The first-order valence-corrected chi connectivity index (χ1v) is 9.61. The van der Waals surface area contributed by atoms with Gasteiger partial charge in [-0.3, -0.25) is 4.79 Å². The van der Waals surface area contributed by atoms with E-state index in [-0.39, 0.29) is 11.7 Å². The third-order valence-corrected chi connectivity index (χ3v) is 4.76. The molecule has 1 aromatic heterocycles. The predicted octanol–water partition coefficient (Wildman–Crippen LogP) is 4.48. The van der Waals surface area contributed by atoms with Gasteiger partial charge in [0.25, 0.3) is 11.1 Å². The van der Waals surface area contributed by atoms with Gasteiger partial charge in [-0.2, -0.15) is 0 Å². The zero-order valence-electron chi connectivity index (χ0n) is 15.5. The number of para-hydroxylation sites is 1. The van der Waals surface area contributed by atoms with Crippen LogP contribution < -0.4 is 10.1 Å². The molecule has 0 unspecified atom stereocenters. The maximum atomic E-state index is 12.2. The van der Waals surface area contributed by atoms with Crippen LogP contribution in [0.1, 0.15) is 18.1 Å². The molecular formula is C20H21N3O3S. The number of ether oxygens (including phenoxy) is 1. The molecule has 0 saturated carbocycles. The predicted molar refractivity (Wildman–Crippen MR) is 106 cm³/mol. The van der Waals surface area contributed by atoms with E-state index in [0.29, 0.717) is 23.5 Å². The van der Waals surface area contributed by atoms with E-state index in [1.165, 1.54) is 17.3 Å². The molecule has 0 radical (unpaired) electrons. The minimum absolute atomic E-state index is 0.127. The smallest absolute Gasteiger partial charge is 0.277 e. The van der Waals surface area contributed by atoms with Crippen LogP contribution in [0.5, 0.6) is 5.75 Å². The Balaban J connectivity index is 1.61. The average Bonchev–Trinajstić information content (AvgIpc) is 3.13. The van der Waals surface area contributed by atoms with Crippen molar-refractivity contribution in [2.24, 2.45) is 0 Å². The Morgan fingerprint density at radius 2 is 1.96 bits per heavy atom. The molecule has 0 saturated heterocycles. The number of hydrogen-bond donors (Lipinski definition) is 1. The van der Waals surface area contributed by atoms with Gasteiger partial charge in [-0.15, -0.1) is 10.2 Å². The molecule has 1 N–H and O–H groups in total. The van der Waals surface area contributed by atoms with Crippen molar-refractivity contribution in [3.05, 3.63) is 53.6 Å². The maximum Gasteiger partial charge on any atom is 0.277 e. The van der Waals surface area contributed by atoms with E-state index in [0.717, 1.165) is 16.8 Å². The van der Waals surface area contributed by atoms with E-state index in [1.807, 2.05) is 63.2 Å². The van der Waals surface area contributed by atoms with Crippen LogP contribution in [0.25, 0.3) is 11.5 Å². The number of thioether (sulfide) groups is 1. The van der Waals surface area contributed by atoms with Gasteiger partial charge >= 0.3 is 0 Å². The molecule has 6 nitrogen and oxygen atoms in total. The molecule has 27 heavy (non-hydrogen) atoms. The Labute approximate surface area is 162 Å². The van der Waals surface area contributed by atoms with E-state index < -0.39 is 0 Å². The number of aryl methyl sites for hydroxylation is 2. The molecule has 7 heteroatoms. The summed E-state index contributed by atoms with van der Waals surface area (Å²) >= 11 is 1.20. The van der Waals surface area contributed by atoms with E-state index in [2.05, 4.69) is 15.5 Å². The van der Waals surface area contributed by atoms with Crippen LogP contribution in [-0.2, 0) is 4.79 Å². The number of nitrogens with one attached hydrogen (secondary N) is 1. The lowest BCUT2D eigenvalue weighted by Gasteiger charge is -2.07. The van der Waals surface area contributed by atoms with E-state index in [4.69, 9.17) is 9.15 Å². The van der Waals surface area contributed by atoms with Gasteiger partial charge in [-0.1, -0.05) is 30.0 Å². The number of benzene rings is 2. The van der Waals surface area contributed by atoms with Crippen molar-refractivity contribution in [1.82, 2.24) is 10.2 Å².